The average molecular weight is 483 g/mol. The van der Waals surface area contributed by atoms with Crippen molar-refractivity contribution in [3.05, 3.63) is 78.0 Å². The summed E-state index contributed by atoms with van der Waals surface area (Å²) in [6.45, 7) is 4.19. The normalized spacial score (nSPS) is 11.6. The molecule has 2 aromatic heterocycles. The zero-order valence-electron chi connectivity index (χ0n) is 19.5. The van der Waals surface area contributed by atoms with Gasteiger partial charge in [0.1, 0.15) is 11.4 Å². The van der Waals surface area contributed by atoms with Gasteiger partial charge in [0.15, 0.2) is 5.69 Å². The Morgan fingerprint density at radius 3 is 2.72 bits per heavy atom. The number of hydrazone groups is 1. The van der Waals surface area contributed by atoms with E-state index in [1.165, 1.54) is 4.68 Å². The van der Waals surface area contributed by atoms with Crippen molar-refractivity contribution < 1.29 is 14.2 Å². The van der Waals surface area contributed by atoms with Crippen LogP contribution in [0.25, 0.3) is 27.8 Å². The maximum atomic E-state index is 13.3. The molecule has 5 aromatic rings. The number of hydrogen-bond acceptors (Lipinski definition) is 9. The molecule has 0 saturated heterocycles. The van der Waals surface area contributed by atoms with E-state index in [1.807, 2.05) is 62.4 Å². The molecule has 0 unspecified atom stereocenters. The SMILES string of the molecule is CCOc1cccc(-c2c(C(=O)NN=C(C)c3cccc4ccccc34)nnn2-c2nonc2N)c1. The molecular weight excluding hydrogens is 460 g/mol. The van der Waals surface area contributed by atoms with Crippen LogP contribution in [-0.4, -0.2) is 43.5 Å². The van der Waals surface area contributed by atoms with E-state index in [2.05, 4.69) is 31.2 Å². The number of rotatable bonds is 7. The Hall–Kier alpha value is -5.06. The number of ether oxygens (including phenoxy) is 1. The highest BCUT2D eigenvalue weighted by molar-refractivity contribution is 6.10. The molecule has 2 heterocycles. The lowest BCUT2D eigenvalue weighted by molar-refractivity contribution is 0.0950. The van der Waals surface area contributed by atoms with Gasteiger partial charge in [0.05, 0.1) is 12.3 Å². The third-order valence-corrected chi connectivity index (χ3v) is 5.50. The first kappa shape index (κ1) is 22.7. The highest BCUT2D eigenvalue weighted by atomic mass is 16.6. The van der Waals surface area contributed by atoms with Crippen LogP contribution in [0.15, 0.2) is 76.5 Å². The number of benzene rings is 3. The summed E-state index contributed by atoms with van der Waals surface area (Å²) in [7, 11) is 0. The number of nitrogens with two attached hydrogens (primary N) is 1. The minimum Gasteiger partial charge on any atom is -0.494 e. The Labute approximate surface area is 205 Å². The number of carbonyl (C=O) groups is 1. The van der Waals surface area contributed by atoms with Crippen molar-refractivity contribution in [2.45, 2.75) is 13.8 Å². The van der Waals surface area contributed by atoms with Gasteiger partial charge in [-0.15, -0.1) is 5.10 Å². The number of nitrogens with zero attached hydrogens (tertiary/aromatic N) is 6. The number of anilines is 1. The summed E-state index contributed by atoms with van der Waals surface area (Å²) in [5.74, 6) is 0.158. The Kier molecular flexibility index (Phi) is 6.10. The predicted molar refractivity (Wildman–Crippen MR) is 134 cm³/mol. The minimum atomic E-state index is -0.562. The van der Waals surface area contributed by atoms with E-state index in [0.29, 0.717) is 29.3 Å². The smallest absolute Gasteiger partial charge is 0.294 e. The molecule has 3 aromatic carbocycles. The van der Waals surface area contributed by atoms with Gasteiger partial charge in [-0.2, -0.15) is 9.78 Å². The molecule has 0 atom stereocenters. The van der Waals surface area contributed by atoms with Crippen LogP contribution < -0.4 is 15.9 Å². The quantitative estimate of drug-likeness (QED) is 0.264. The van der Waals surface area contributed by atoms with Crippen LogP contribution in [0.4, 0.5) is 5.82 Å². The van der Waals surface area contributed by atoms with Crippen LogP contribution in [0, 0.1) is 0 Å². The molecule has 5 rings (SSSR count). The molecule has 180 valence electrons. The van der Waals surface area contributed by atoms with E-state index in [1.54, 1.807) is 18.2 Å². The predicted octanol–water partition coefficient (Wildman–Crippen LogP) is 3.61. The molecule has 11 heteroatoms. The molecule has 0 radical (unpaired) electrons. The molecule has 3 N–H and O–H groups in total. The minimum absolute atomic E-state index is 0.00103. The van der Waals surface area contributed by atoms with E-state index >= 15 is 0 Å². The number of amides is 1. The average Bonchev–Trinajstić information content (AvgIpc) is 3.53. The van der Waals surface area contributed by atoms with Crippen molar-refractivity contribution in [1.82, 2.24) is 30.7 Å². The van der Waals surface area contributed by atoms with Crippen molar-refractivity contribution in [2.24, 2.45) is 5.10 Å². The summed E-state index contributed by atoms with van der Waals surface area (Å²) in [6, 6.07) is 21.1. The Morgan fingerprint density at radius 2 is 1.92 bits per heavy atom. The monoisotopic (exact) mass is 482 g/mol. The fourth-order valence-electron chi connectivity index (χ4n) is 3.87. The maximum absolute atomic E-state index is 13.3. The van der Waals surface area contributed by atoms with Crippen LogP contribution in [0.5, 0.6) is 5.75 Å². The lowest BCUT2D eigenvalue weighted by Crippen LogP contribution is -2.21. The molecule has 0 spiro atoms. The molecular formula is C25H22N8O3. The van der Waals surface area contributed by atoms with Crippen molar-refractivity contribution >= 4 is 28.2 Å². The van der Waals surface area contributed by atoms with Crippen LogP contribution in [0.3, 0.4) is 0 Å². The summed E-state index contributed by atoms with van der Waals surface area (Å²) >= 11 is 0. The lowest BCUT2D eigenvalue weighted by Gasteiger charge is -2.09. The number of nitrogens with one attached hydrogen (secondary N) is 1. The molecule has 0 saturated carbocycles. The molecule has 0 aliphatic carbocycles. The fraction of sp³-hybridized carbons (Fsp3) is 0.120. The van der Waals surface area contributed by atoms with E-state index in [9.17, 15) is 4.79 Å². The highest BCUT2D eigenvalue weighted by Gasteiger charge is 2.25. The van der Waals surface area contributed by atoms with Crippen LogP contribution in [0.1, 0.15) is 29.9 Å². The first-order chi connectivity index (χ1) is 17.6. The summed E-state index contributed by atoms with van der Waals surface area (Å²) < 4.78 is 11.6. The zero-order valence-corrected chi connectivity index (χ0v) is 19.5. The topological polar surface area (TPSA) is 146 Å². The second-order valence-electron chi connectivity index (χ2n) is 7.80. The van der Waals surface area contributed by atoms with Gasteiger partial charge in [-0.05, 0) is 47.1 Å². The molecule has 0 aliphatic heterocycles. The third kappa shape index (κ3) is 4.25. The fourth-order valence-corrected chi connectivity index (χ4v) is 3.87. The Balaban J connectivity index is 1.53. The van der Waals surface area contributed by atoms with Gasteiger partial charge < -0.3 is 10.5 Å². The van der Waals surface area contributed by atoms with Crippen molar-refractivity contribution in [1.29, 1.82) is 0 Å². The van der Waals surface area contributed by atoms with Crippen LogP contribution >= 0.6 is 0 Å². The second-order valence-corrected chi connectivity index (χ2v) is 7.80. The van der Waals surface area contributed by atoms with E-state index in [4.69, 9.17) is 15.1 Å². The van der Waals surface area contributed by atoms with E-state index < -0.39 is 5.91 Å². The first-order valence-corrected chi connectivity index (χ1v) is 11.2. The number of aromatic nitrogens is 5. The standard InChI is InChI=1S/C25H22N8O3/c1-3-35-18-11-6-10-17(14-18)22-21(28-32-33(22)24-23(26)30-36-31-24)25(34)29-27-15(2)19-13-7-9-16-8-4-5-12-20(16)19/h4-14H,3H2,1-2H3,(H2,26,30)(H,29,34). The largest absolute Gasteiger partial charge is 0.494 e. The van der Waals surface area contributed by atoms with Gasteiger partial charge in [-0.1, -0.05) is 59.8 Å². The summed E-state index contributed by atoms with van der Waals surface area (Å²) in [5, 5.41) is 22.0. The maximum Gasteiger partial charge on any atom is 0.294 e. The van der Waals surface area contributed by atoms with Gasteiger partial charge in [0, 0.05) is 11.1 Å². The molecule has 1 amide bonds. The van der Waals surface area contributed by atoms with Gasteiger partial charge in [0.2, 0.25) is 11.6 Å². The number of nitrogen functional groups attached to an aromatic ring is 1. The second kappa shape index (κ2) is 9.66. The van der Waals surface area contributed by atoms with Crippen molar-refractivity contribution in [3.63, 3.8) is 0 Å². The van der Waals surface area contributed by atoms with Crippen LogP contribution in [-0.2, 0) is 0 Å². The lowest BCUT2D eigenvalue weighted by atomic mass is 10.0. The third-order valence-electron chi connectivity index (χ3n) is 5.50. The Morgan fingerprint density at radius 1 is 1.11 bits per heavy atom. The van der Waals surface area contributed by atoms with Crippen LogP contribution in [0.2, 0.25) is 0 Å². The zero-order chi connectivity index (χ0) is 25.1. The highest BCUT2D eigenvalue weighted by Crippen LogP contribution is 2.29. The Bertz CT molecular complexity index is 1580. The number of fused-ring (bicyclic) bond motifs is 1. The number of carbonyl (C=O) groups excluding carboxylic acids is 1. The molecule has 0 fully saturated rings. The first-order valence-electron chi connectivity index (χ1n) is 11.2. The van der Waals surface area contributed by atoms with Gasteiger partial charge >= 0.3 is 0 Å². The summed E-state index contributed by atoms with van der Waals surface area (Å²) in [5.41, 5.74) is 11.0. The summed E-state index contributed by atoms with van der Waals surface area (Å²) in [4.78, 5) is 13.3. The molecule has 0 aliphatic rings. The summed E-state index contributed by atoms with van der Waals surface area (Å²) in [6.07, 6.45) is 0. The van der Waals surface area contributed by atoms with E-state index in [0.717, 1.165) is 16.3 Å². The van der Waals surface area contributed by atoms with Gasteiger partial charge in [-0.25, -0.2) is 10.1 Å². The molecule has 11 nitrogen and oxygen atoms in total. The number of hydrogen-bond donors (Lipinski definition) is 2. The van der Waals surface area contributed by atoms with Crippen molar-refractivity contribution in [2.75, 3.05) is 12.3 Å². The molecule has 0 bridgehead atoms. The van der Waals surface area contributed by atoms with Crippen molar-refractivity contribution in [3.8, 4) is 22.8 Å². The molecule has 36 heavy (non-hydrogen) atoms. The van der Waals surface area contributed by atoms with Gasteiger partial charge in [-0.3, -0.25) is 4.79 Å². The van der Waals surface area contributed by atoms with Gasteiger partial charge in [0.25, 0.3) is 5.91 Å². The van der Waals surface area contributed by atoms with E-state index in [-0.39, 0.29) is 17.3 Å².